The summed E-state index contributed by atoms with van der Waals surface area (Å²) in [6, 6.07) is 6.12. The summed E-state index contributed by atoms with van der Waals surface area (Å²) in [4.78, 5) is 15.2. The van der Waals surface area contributed by atoms with Gasteiger partial charge < -0.3 is 15.5 Å². The van der Waals surface area contributed by atoms with Crippen LogP contribution in [0.15, 0.2) is 30.7 Å². The Balaban J connectivity index is 1.66. The van der Waals surface area contributed by atoms with Crippen LogP contribution < -0.4 is 15.5 Å². The van der Waals surface area contributed by atoms with E-state index in [1.165, 1.54) is 6.42 Å². The molecule has 1 unspecified atom stereocenters. The Morgan fingerprint density at radius 3 is 2.95 bits per heavy atom. The van der Waals surface area contributed by atoms with Crippen molar-refractivity contribution in [2.75, 3.05) is 35.7 Å². The number of rotatable bonds is 5. The molecule has 1 saturated heterocycles. The largest absolute Gasteiger partial charge is 0.373 e. The molecule has 3 rings (SSSR count). The number of hydrogen-bond acceptors (Lipinski definition) is 6. The highest BCUT2D eigenvalue weighted by molar-refractivity contribution is 6.30. The lowest BCUT2D eigenvalue weighted by atomic mass is 10.2. The Labute approximate surface area is 134 Å². The molecule has 0 aromatic carbocycles. The van der Waals surface area contributed by atoms with Gasteiger partial charge in [-0.25, -0.2) is 15.0 Å². The number of nitrogens with one attached hydrogen (secondary N) is 2. The van der Waals surface area contributed by atoms with Gasteiger partial charge in [-0.15, -0.1) is 0 Å². The molecule has 1 aliphatic heterocycles. The van der Waals surface area contributed by atoms with Gasteiger partial charge in [0.25, 0.3) is 0 Å². The fraction of sp³-hybridized carbons (Fsp3) is 0.400. The second-order valence-electron chi connectivity index (χ2n) is 5.24. The first-order valence-corrected chi connectivity index (χ1v) is 7.76. The molecule has 2 aromatic heterocycles. The van der Waals surface area contributed by atoms with Gasteiger partial charge in [-0.1, -0.05) is 11.6 Å². The van der Waals surface area contributed by atoms with Crippen molar-refractivity contribution in [1.82, 2.24) is 15.0 Å². The first-order chi connectivity index (χ1) is 10.8. The minimum absolute atomic E-state index is 0.400. The van der Waals surface area contributed by atoms with E-state index in [0.29, 0.717) is 11.1 Å². The van der Waals surface area contributed by atoms with Crippen molar-refractivity contribution < 1.29 is 0 Å². The molecule has 0 amide bonds. The standard InChI is InChI=1S/C15H19ClN6/c1-17-14-7-15(21-10-20-14)22-6-2-3-12(22)9-19-13-5-4-11(16)8-18-13/h4-5,7-8,10,12H,2-3,6,9H2,1H3,(H,18,19)(H,17,20,21). The maximum absolute atomic E-state index is 5.85. The van der Waals surface area contributed by atoms with Crippen LogP contribution in [0.3, 0.4) is 0 Å². The second-order valence-corrected chi connectivity index (χ2v) is 5.68. The summed E-state index contributed by atoms with van der Waals surface area (Å²) in [5.41, 5.74) is 0. The van der Waals surface area contributed by atoms with Crippen LogP contribution in [0.2, 0.25) is 5.02 Å². The van der Waals surface area contributed by atoms with Crippen LogP contribution in [0.4, 0.5) is 17.5 Å². The molecular formula is C15H19ClN6. The smallest absolute Gasteiger partial charge is 0.134 e. The number of pyridine rings is 1. The quantitative estimate of drug-likeness (QED) is 0.883. The van der Waals surface area contributed by atoms with Crippen molar-refractivity contribution in [3.63, 3.8) is 0 Å². The van der Waals surface area contributed by atoms with Gasteiger partial charge in [0.15, 0.2) is 0 Å². The van der Waals surface area contributed by atoms with Gasteiger partial charge >= 0.3 is 0 Å². The zero-order valence-electron chi connectivity index (χ0n) is 12.5. The average molecular weight is 319 g/mol. The summed E-state index contributed by atoms with van der Waals surface area (Å²) in [6.07, 6.45) is 5.56. The minimum atomic E-state index is 0.400. The molecule has 6 nitrogen and oxygen atoms in total. The van der Waals surface area contributed by atoms with Crippen LogP contribution in [0.1, 0.15) is 12.8 Å². The molecule has 0 aliphatic carbocycles. The maximum atomic E-state index is 5.85. The number of halogens is 1. The molecule has 22 heavy (non-hydrogen) atoms. The highest BCUT2D eigenvalue weighted by Gasteiger charge is 2.25. The van der Waals surface area contributed by atoms with Gasteiger partial charge in [0.2, 0.25) is 0 Å². The van der Waals surface area contributed by atoms with Gasteiger partial charge in [0, 0.05) is 38.4 Å². The van der Waals surface area contributed by atoms with Crippen molar-refractivity contribution in [3.8, 4) is 0 Å². The first-order valence-electron chi connectivity index (χ1n) is 7.38. The summed E-state index contributed by atoms with van der Waals surface area (Å²) < 4.78 is 0. The molecule has 2 aromatic rings. The lowest BCUT2D eigenvalue weighted by Gasteiger charge is -2.26. The Morgan fingerprint density at radius 2 is 2.18 bits per heavy atom. The molecule has 0 bridgehead atoms. The van der Waals surface area contributed by atoms with E-state index in [1.807, 2.05) is 25.2 Å². The molecule has 3 heterocycles. The molecule has 0 saturated carbocycles. The highest BCUT2D eigenvalue weighted by Crippen LogP contribution is 2.25. The fourth-order valence-electron chi connectivity index (χ4n) is 2.69. The van der Waals surface area contributed by atoms with Crippen molar-refractivity contribution in [1.29, 1.82) is 0 Å². The van der Waals surface area contributed by atoms with Crippen LogP contribution >= 0.6 is 11.6 Å². The van der Waals surface area contributed by atoms with E-state index in [9.17, 15) is 0 Å². The van der Waals surface area contributed by atoms with Crippen LogP contribution in [0.5, 0.6) is 0 Å². The van der Waals surface area contributed by atoms with Crippen molar-refractivity contribution in [2.24, 2.45) is 0 Å². The normalized spacial score (nSPS) is 17.5. The third-order valence-corrected chi connectivity index (χ3v) is 4.05. The number of aromatic nitrogens is 3. The van der Waals surface area contributed by atoms with Gasteiger partial charge in [0.05, 0.1) is 5.02 Å². The van der Waals surface area contributed by atoms with E-state index >= 15 is 0 Å². The van der Waals surface area contributed by atoms with Crippen LogP contribution in [-0.4, -0.2) is 41.1 Å². The predicted molar refractivity (Wildman–Crippen MR) is 89.7 cm³/mol. The monoisotopic (exact) mass is 318 g/mol. The Bertz CT molecular complexity index is 618. The molecule has 1 aliphatic rings. The zero-order chi connectivity index (χ0) is 15.4. The summed E-state index contributed by atoms with van der Waals surface area (Å²) >= 11 is 5.85. The number of hydrogen-bond donors (Lipinski definition) is 2. The lowest BCUT2D eigenvalue weighted by molar-refractivity contribution is 0.689. The van der Waals surface area contributed by atoms with Crippen molar-refractivity contribution in [3.05, 3.63) is 35.7 Å². The van der Waals surface area contributed by atoms with E-state index in [4.69, 9.17) is 11.6 Å². The predicted octanol–water partition coefficient (Wildman–Crippen LogP) is 2.65. The third-order valence-electron chi connectivity index (χ3n) is 3.83. The number of nitrogens with zero attached hydrogens (tertiary/aromatic N) is 4. The minimum Gasteiger partial charge on any atom is -0.373 e. The van der Waals surface area contributed by atoms with Gasteiger partial charge in [-0.3, -0.25) is 0 Å². The molecule has 116 valence electrons. The van der Waals surface area contributed by atoms with Crippen molar-refractivity contribution >= 4 is 29.1 Å². The lowest BCUT2D eigenvalue weighted by Crippen LogP contribution is -2.35. The summed E-state index contributed by atoms with van der Waals surface area (Å²) in [7, 11) is 1.86. The second kappa shape index (κ2) is 6.79. The van der Waals surface area contributed by atoms with E-state index in [1.54, 1.807) is 12.5 Å². The van der Waals surface area contributed by atoms with E-state index in [-0.39, 0.29) is 0 Å². The maximum Gasteiger partial charge on any atom is 0.134 e. The average Bonchev–Trinajstić information content (AvgIpc) is 3.03. The highest BCUT2D eigenvalue weighted by atomic mass is 35.5. The van der Waals surface area contributed by atoms with E-state index < -0.39 is 0 Å². The van der Waals surface area contributed by atoms with Gasteiger partial charge in [0.1, 0.15) is 23.8 Å². The Kier molecular flexibility index (Phi) is 4.58. The van der Waals surface area contributed by atoms with Gasteiger partial charge in [-0.05, 0) is 25.0 Å². The van der Waals surface area contributed by atoms with E-state index in [0.717, 1.165) is 37.0 Å². The fourth-order valence-corrected chi connectivity index (χ4v) is 2.80. The first kappa shape index (κ1) is 14.8. The molecule has 1 fully saturated rings. The topological polar surface area (TPSA) is 66.0 Å². The summed E-state index contributed by atoms with van der Waals surface area (Å²) in [6.45, 7) is 1.84. The van der Waals surface area contributed by atoms with Crippen LogP contribution in [0, 0.1) is 0 Å². The molecule has 2 N–H and O–H groups in total. The van der Waals surface area contributed by atoms with Crippen LogP contribution in [-0.2, 0) is 0 Å². The van der Waals surface area contributed by atoms with Crippen molar-refractivity contribution in [2.45, 2.75) is 18.9 Å². The summed E-state index contributed by atoms with van der Waals surface area (Å²) in [5.74, 6) is 2.64. The molecule has 7 heteroatoms. The van der Waals surface area contributed by atoms with Crippen LogP contribution in [0.25, 0.3) is 0 Å². The SMILES string of the molecule is CNc1cc(N2CCCC2CNc2ccc(Cl)cn2)ncn1. The molecule has 0 spiro atoms. The molecule has 1 atom stereocenters. The Morgan fingerprint density at radius 1 is 1.27 bits per heavy atom. The third kappa shape index (κ3) is 3.39. The molecular weight excluding hydrogens is 300 g/mol. The number of anilines is 3. The van der Waals surface area contributed by atoms with E-state index in [2.05, 4.69) is 30.5 Å². The molecule has 0 radical (unpaired) electrons. The van der Waals surface area contributed by atoms with Gasteiger partial charge in [-0.2, -0.15) is 0 Å². The summed E-state index contributed by atoms with van der Waals surface area (Å²) in [5, 5.41) is 7.07. The Hall–Kier alpha value is -2.08. The zero-order valence-corrected chi connectivity index (χ0v) is 13.2.